The minimum atomic E-state index is -0.806. The highest BCUT2D eigenvalue weighted by Gasteiger charge is 2.25. The number of nitrogens with two attached hydrogens (primary N) is 1. The molecule has 0 aromatic carbocycles. The SMILES string of the molecule is NC1(O)CCCC1.OCC1OCCC1O. The molecule has 0 aromatic rings. The lowest BCUT2D eigenvalue weighted by Crippen LogP contribution is -2.35. The molecule has 0 radical (unpaired) electrons. The molecule has 1 aliphatic carbocycles. The lowest BCUT2D eigenvalue weighted by molar-refractivity contribution is 0.00406. The predicted octanol–water partition coefficient (Wildman–Crippen LogP) is -0.664. The number of aliphatic hydroxyl groups is 3. The highest BCUT2D eigenvalue weighted by molar-refractivity contribution is 4.76. The summed E-state index contributed by atoms with van der Waals surface area (Å²) in [7, 11) is 0. The quantitative estimate of drug-likeness (QED) is 0.439. The maximum atomic E-state index is 8.97. The van der Waals surface area contributed by atoms with Crippen LogP contribution in [0.1, 0.15) is 32.1 Å². The van der Waals surface area contributed by atoms with Crippen molar-refractivity contribution in [3.05, 3.63) is 0 Å². The Balaban J connectivity index is 0.000000151. The largest absolute Gasteiger partial charge is 0.394 e. The fourth-order valence-electron chi connectivity index (χ4n) is 1.80. The smallest absolute Gasteiger partial charge is 0.113 e. The predicted molar refractivity (Wildman–Crippen MR) is 55.1 cm³/mol. The Kier molecular flexibility index (Phi) is 4.95. The summed E-state index contributed by atoms with van der Waals surface area (Å²) in [4.78, 5) is 0. The topological polar surface area (TPSA) is 95.9 Å². The van der Waals surface area contributed by atoms with Crippen LogP contribution in [0, 0.1) is 0 Å². The van der Waals surface area contributed by atoms with Crippen molar-refractivity contribution in [2.45, 2.75) is 50.0 Å². The first-order valence-electron chi connectivity index (χ1n) is 5.47. The van der Waals surface area contributed by atoms with Crippen LogP contribution in [0.3, 0.4) is 0 Å². The third kappa shape index (κ3) is 4.44. The Labute approximate surface area is 89.9 Å². The van der Waals surface area contributed by atoms with Crippen LogP contribution >= 0.6 is 0 Å². The maximum Gasteiger partial charge on any atom is 0.113 e. The van der Waals surface area contributed by atoms with Gasteiger partial charge in [-0.1, -0.05) is 0 Å². The van der Waals surface area contributed by atoms with Gasteiger partial charge in [-0.15, -0.1) is 0 Å². The van der Waals surface area contributed by atoms with Crippen molar-refractivity contribution in [1.82, 2.24) is 0 Å². The summed E-state index contributed by atoms with van der Waals surface area (Å²) in [5.74, 6) is 0. The minimum Gasteiger partial charge on any atom is -0.394 e. The van der Waals surface area contributed by atoms with Gasteiger partial charge in [-0.05, 0) is 32.1 Å². The van der Waals surface area contributed by atoms with E-state index in [0.717, 1.165) is 25.7 Å². The Hall–Kier alpha value is -0.200. The summed E-state index contributed by atoms with van der Waals surface area (Å²) in [5.41, 5.74) is 4.53. The molecular weight excluding hydrogens is 198 g/mol. The van der Waals surface area contributed by atoms with Crippen molar-refractivity contribution in [3.63, 3.8) is 0 Å². The van der Waals surface area contributed by atoms with E-state index in [1.165, 1.54) is 0 Å². The van der Waals surface area contributed by atoms with Crippen LogP contribution in [0.25, 0.3) is 0 Å². The van der Waals surface area contributed by atoms with Crippen molar-refractivity contribution in [1.29, 1.82) is 0 Å². The van der Waals surface area contributed by atoms with E-state index in [1.807, 2.05) is 0 Å². The molecule has 5 nitrogen and oxygen atoms in total. The second-order valence-corrected chi connectivity index (χ2v) is 4.26. The molecule has 5 heteroatoms. The number of hydrogen-bond acceptors (Lipinski definition) is 5. The van der Waals surface area contributed by atoms with Gasteiger partial charge in [-0.2, -0.15) is 0 Å². The number of aliphatic hydroxyl groups excluding tert-OH is 2. The zero-order valence-corrected chi connectivity index (χ0v) is 8.93. The number of rotatable bonds is 1. The van der Waals surface area contributed by atoms with Gasteiger partial charge in [0.25, 0.3) is 0 Å². The second kappa shape index (κ2) is 5.77. The third-order valence-corrected chi connectivity index (χ3v) is 2.82. The normalized spacial score (nSPS) is 33.6. The fraction of sp³-hybridized carbons (Fsp3) is 1.00. The van der Waals surface area contributed by atoms with Gasteiger partial charge in [0.2, 0.25) is 0 Å². The van der Waals surface area contributed by atoms with E-state index in [-0.39, 0.29) is 12.7 Å². The monoisotopic (exact) mass is 219 g/mol. The molecule has 1 heterocycles. The zero-order valence-electron chi connectivity index (χ0n) is 8.93. The molecule has 1 aliphatic heterocycles. The molecule has 0 aromatic heterocycles. The highest BCUT2D eigenvalue weighted by Crippen LogP contribution is 2.23. The summed E-state index contributed by atoms with van der Waals surface area (Å²) in [6.45, 7) is 0.508. The van der Waals surface area contributed by atoms with Crippen LogP contribution < -0.4 is 5.73 Å². The van der Waals surface area contributed by atoms with E-state index in [2.05, 4.69) is 0 Å². The standard InChI is InChI=1S/C5H11NO.C5H10O3/c6-5(7)3-1-2-4-5;6-3-5-4(7)1-2-8-5/h7H,1-4,6H2;4-7H,1-3H2. The molecular formula is C10H21NO4. The maximum absolute atomic E-state index is 8.97. The third-order valence-electron chi connectivity index (χ3n) is 2.82. The zero-order chi connectivity index (χ0) is 11.3. The van der Waals surface area contributed by atoms with Gasteiger partial charge >= 0.3 is 0 Å². The average Bonchev–Trinajstić information content (AvgIpc) is 2.75. The summed E-state index contributed by atoms with van der Waals surface area (Å²) in [6, 6.07) is 0. The highest BCUT2D eigenvalue weighted by atomic mass is 16.5. The lowest BCUT2D eigenvalue weighted by Gasteiger charge is -2.12. The van der Waals surface area contributed by atoms with Gasteiger partial charge in [0.1, 0.15) is 11.8 Å². The van der Waals surface area contributed by atoms with Gasteiger partial charge in [-0.25, -0.2) is 0 Å². The first kappa shape index (κ1) is 12.9. The molecule has 5 N–H and O–H groups in total. The summed E-state index contributed by atoms with van der Waals surface area (Å²) in [5, 5.41) is 26.3. The van der Waals surface area contributed by atoms with Crippen molar-refractivity contribution in [2.24, 2.45) is 5.73 Å². The average molecular weight is 219 g/mol. The van der Waals surface area contributed by atoms with E-state index in [4.69, 9.17) is 25.8 Å². The molecule has 15 heavy (non-hydrogen) atoms. The number of ether oxygens (including phenoxy) is 1. The van der Waals surface area contributed by atoms with Gasteiger partial charge < -0.3 is 25.8 Å². The molecule has 0 amide bonds. The van der Waals surface area contributed by atoms with E-state index in [0.29, 0.717) is 13.0 Å². The molecule has 2 atom stereocenters. The van der Waals surface area contributed by atoms with Crippen molar-refractivity contribution >= 4 is 0 Å². The Morgan fingerprint density at radius 1 is 1.33 bits per heavy atom. The molecule has 1 saturated heterocycles. The Bertz CT molecular complexity index is 178. The van der Waals surface area contributed by atoms with Crippen LogP contribution in [0.2, 0.25) is 0 Å². The molecule has 0 bridgehead atoms. The lowest BCUT2D eigenvalue weighted by atomic mass is 10.2. The van der Waals surface area contributed by atoms with E-state index in [9.17, 15) is 0 Å². The molecule has 2 rings (SSSR count). The summed E-state index contributed by atoms with van der Waals surface area (Å²) < 4.78 is 4.91. The number of hydrogen-bond donors (Lipinski definition) is 4. The van der Waals surface area contributed by atoms with Crippen molar-refractivity contribution < 1.29 is 20.1 Å². The van der Waals surface area contributed by atoms with Crippen molar-refractivity contribution in [2.75, 3.05) is 13.2 Å². The van der Waals surface area contributed by atoms with Gasteiger partial charge in [-0.3, -0.25) is 0 Å². The van der Waals surface area contributed by atoms with Crippen LogP contribution in [0.15, 0.2) is 0 Å². The van der Waals surface area contributed by atoms with Gasteiger partial charge in [0, 0.05) is 6.61 Å². The van der Waals surface area contributed by atoms with Crippen LogP contribution in [-0.4, -0.2) is 46.5 Å². The van der Waals surface area contributed by atoms with Crippen LogP contribution in [-0.2, 0) is 4.74 Å². The summed E-state index contributed by atoms with van der Waals surface area (Å²) in [6.07, 6.45) is 3.64. The van der Waals surface area contributed by atoms with Gasteiger partial charge in [0.05, 0.1) is 12.7 Å². The van der Waals surface area contributed by atoms with E-state index >= 15 is 0 Å². The molecule has 2 aliphatic rings. The fourth-order valence-corrected chi connectivity index (χ4v) is 1.80. The molecule has 0 spiro atoms. The molecule has 2 unspecified atom stereocenters. The second-order valence-electron chi connectivity index (χ2n) is 4.26. The molecule has 1 saturated carbocycles. The molecule has 90 valence electrons. The van der Waals surface area contributed by atoms with Crippen LogP contribution in [0.4, 0.5) is 0 Å². The van der Waals surface area contributed by atoms with E-state index < -0.39 is 11.8 Å². The van der Waals surface area contributed by atoms with E-state index in [1.54, 1.807) is 0 Å². The summed E-state index contributed by atoms with van der Waals surface area (Å²) >= 11 is 0. The Morgan fingerprint density at radius 2 is 1.93 bits per heavy atom. The Morgan fingerprint density at radius 3 is 2.13 bits per heavy atom. The van der Waals surface area contributed by atoms with Gasteiger partial charge in [0.15, 0.2) is 0 Å². The van der Waals surface area contributed by atoms with Crippen molar-refractivity contribution in [3.8, 4) is 0 Å². The molecule has 2 fully saturated rings. The first-order chi connectivity index (χ1) is 7.05. The minimum absolute atomic E-state index is 0.0683. The van der Waals surface area contributed by atoms with Crippen LogP contribution in [0.5, 0.6) is 0 Å². The first-order valence-corrected chi connectivity index (χ1v) is 5.47.